The molecule has 1 heterocycles. The van der Waals surface area contributed by atoms with Crippen LogP contribution in [0.25, 0.3) is 17.3 Å². The van der Waals surface area contributed by atoms with Crippen LogP contribution in [0.3, 0.4) is 0 Å². The number of aromatic nitrogens is 2. The van der Waals surface area contributed by atoms with Crippen molar-refractivity contribution in [3.63, 3.8) is 0 Å². The zero-order valence-corrected chi connectivity index (χ0v) is 15.5. The second kappa shape index (κ2) is 9.32. The molecule has 0 radical (unpaired) electrons. The number of nitrogens with one attached hydrogen (secondary N) is 1. The van der Waals surface area contributed by atoms with E-state index in [2.05, 4.69) is 10.4 Å². The van der Waals surface area contributed by atoms with Crippen LogP contribution < -0.4 is 15.6 Å². The molecular weight excluding hydrogens is 354 g/mol. The van der Waals surface area contributed by atoms with Crippen molar-refractivity contribution in [3.8, 4) is 17.0 Å². The molecule has 3 aromatic rings. The van der Waals surface area contributed by atoms with E-state index in [0.717, 1.165) is 16.9 Å². The maximum Gasteiger partial charge on any atom is 0.266 e. The number of ether oxygens (including phenoxy) is 1. The minimum atomic E-state index is -0.233. The first kappa shape index (κ1) is 19.1. The van der Waals surface area contributed by atoms with Crippen molar-refractivity contribution in [3.05, 3.63) is 88.7 Å². The second-order valence-electron chi connectivity index (χ2n) is 6.04. The number of amides is 1. The van der Waals surface area contributed by atoms with Crippen molar-refractivity contribution in [2.45, 2.75) is 6.54 Å². The predicted octanol–water partition coefficient (Wildman–Crippen LogP) is 2.75. The maximum atomic E-state index is 12.0. The number of nitrogens with zero attached hydrogens (tertiary/aromatic N) is 2. The van der Waals surface area contributed by atoms with Crippen LogP contribution in [-0.4, -0.2) is 29.3 Å². The zero-order valence-electron chi connectivity index (χ0n) is 15.5. The lowest BCUT2D eigenvalue weighted by molar-refractivity contribution is -0.116. The van der Waals surface area contributed by atoms with Crippen LogP contribution in [0.5, 0.6) is 5.75 Å². The van der Waals surface area contributed by atoms with Gasteiger partial charge in [0.2, 0.25) is 5.91 Å². The Morgan fingerprint density at radius 1 is 1.07 bits per heavy atom. The highest BCUT2D eigenvalue weighted by atomic mass is 16.5. The Balaban J connectivity index is 1.56. The largest absolute Gasteiger partial charge is 0.497 e. The van der Waals surface area contributed by atoms with Crippen molar-refractivity contribution in [1.29, 1.82) is 0 Å². The lowest BCUT2D eigenvalue weighted by atomic mass is 10.1. The first-order chi connectivity index (χ1) is 13.7. The molecule has 1 amide bonds. The van der Waals surface area contributed by atoms with E-state index in [9.17, 15) is 9.59 Å². The van der Waals surface area contributed by atoms with E-state index in [1.807, 2.05) is 54.6 Å². The summed E-state index contributed by atoms with van der Waals surface area (Å²) in [6.45, 7) is 0.596. The Morgan fingerprint density at radius 3 is 2.54 bits per heavy atom. The normalized spacial score (nSPS) is 10.8. The number of hydrogen-bond acceptors (Lipinski definition) is 4. The Kier molecular flexibility index (Phi) is 6.36. The van der Waals surface area contributed by atoms with Crippen LogP contribution in [0, 0.1) is 0 Å². The Morgan fingerprint density at radius 2 is 1.82 bits per heavy atom. The smallest absolute Gasteiger partial charge is 0.266 e. The summed E-state index contributed by atoms with van der Waals surface area (Å²) in [5.41, 5.74) is 2.33. The average molecular weight is 375 g/mol. The third-order valence-corrected chi connectivity index (χ3v) is 4.10. The third kappa shape index (κ3) is 5.17. The van der Waals surface area contributed by atoms with Gasteiger partial charge in [-0.2, -0.15) is 5.10 Å². The molecule has 6 heteroatoms. The topological polar surface area (TPSA) is 73.2 Å². The molecule has 0 aliphatic heterocycles. The SMILES string of the molecule is COc1ccc(/C=C/C(=O)NCCn2nc(-c3ccccc3)ccc2=O)cc1. The van der Waals surface area contributed by atoms with Gasteiger partial charge in [0.1, 0.15) is 5.75 Å². The van der Waals surface area contributed by atoms with E-state index < -0.39 is 0 Å². The number of hydrogen-bond donors (Lipinski definition) is 1. The standard InChI is InChI=1S/C22H21N3O3/c1-28-19-10-7-17(8-11-19)9-13-21(26)23-15-16-25-22(27)14-12-20(24-25)18-5-3-2-4-6-18/h2-14H,15-16H2,1H3,(H,23,26)/b13-9+. The van der Waals surface area contributed by atoms with Crippen LogP contribution in [0.15, 0.2) is 77.6 Å². The van der Waals surface area contributed by atoms with Crippen LogP contribution in [0.2, 0.25) is 0 Å². The molecular formula is C22H21N3O3. The lowest BCUT2D eigenvalue weighted by Crippen LogP contribution is -2.31. The van der Waals surface area contributed by atoms with Crippen molar-refractivity contribution < 1.29 is 9.53 Å². The van der Waals surface area contributed by atoms with Crippen molar-refractivity contribution in [2.75, 3.05) is 13.7 Å². The van der Waals surface area contributed by atoms with Gasteiger partial charge < -0.3 is 10.1 Å². The number of carbonyl (C=O) groups is 1. The molecule has 1 N–H and O–H groups in total. The summed E-state index contributed by atoms with van der Waals surface area (Å²) in [4.78, 5) is 24.0. The summed E-state index contributed by atoms with van der Waals surface area (Å²) in [5, 5.41) is 7.13. The van der Waals surface area contributed by atoms with E-state index in [1.165, 1.54) is 16.8 Å². The molecule has 3 rings (SSSR count). The van der Waals surface area contributed by atoms with E-state index in [1.54, 1.807) is 19.3 Å². The molecule has 6 nitrogen and oxygen atoms in total. The van der Waals surface area contributed by atoms with Gasteiger partial charge in [-0.15, -0.1) is 0 Å². The van der Waals surface area contributed by atoms with E-state index in [4.69, 9.17) is 4.74 Å². The minimum absolute atomic E-state index is 0.206. The highest BCUT2D eigenvalue weighted by Crippen LogP contribution is 2.14. The van der Waals surface area contributed by atoms with Gasteiger partial charge in [-0.1, -0.05) is 42.5 Å². The lowest BCUT2D eigenvalue weighted by Gasteiger charge is -2.07. The molecule has 0 spiro atoms. The quantitative estimate of drug-likeness (QED) is 0.645. The van der Waals surface area contributed by atoms with Gasteiger partial charge in [-0.05, 0) is 29.8 Å². The fourth-order valence-electron chi connectivity index (χ4n) is 2.60. The number of methoxy groups -OCH3 is 1. The van der Waals surface area contributed by atoms with Crippen molar-refractivity contribution in [2.24, 2.45) is 0 Å². The molecule has 0 aliphatic rings. The molecule has 0 unspecified atom stereocenters. The molecule has 0 saturated heterocycles. The Bertz CT molecular complexity index is 1010. The summed E-state index contributed by atoms with van der Waals surface area (Å²) >= 11 is 0. The van der Waals surface area contributed by atoms with Crippen LogP contribution in [0.1, 0.15) is 5.56 Å². The number of rotatable bonds is 7. The van der Waals surface area contributed by atoms with E-state index >= 15 is 0 Å². The van der Waals surface area contributed by atoms with Crippen LogP contribution >= 0.6 is 0 Å². The molecule has 0 aliphatic carbocycles. The van der Waals surface area contributed by atoms with E-state index in [0.29, 0.717) is 18.8 Å². The Labute approximate surface area is 163 Å². The molecule has 0 saturated carbocycles. The fourth-order valence-corrected chi connectivity index (χ4v) is 2.60. The van der Waals surface area contributed by atoms with Gasteiger partial charge in [0, 0.05) is 24.3 Å². The highest BCUT2D eigenvalue weighted by Gasteiger charge is 2.03. The predicted molar refractivity (Wildman–Crippen MR) is 109 cm³/mol. The molecule has 0 atom stereocenters. The molecule has 142 valence electrons. The average Bonchev–Trinajstić information content (AvgIpc) is 2.74. The summed E-state index contributed by atoms with van der Waals surface area (Å²) in [6.07, 6.45) is 3.17. The molecule has 0 bridgehead atoms. The highest BCUT2D eigenvalue weighted by molar-refractivity contribution is 5.91. The monoisotopic (exact) mass is 375 g/mol. The molecule has 28 heavy (non-hydrogen) atoms. The zero-order chi connectivity index (χ0) is 19.8. The summed E-state index contributed by atoms with van der Waals surface area (Å²) in [7, 11) is 1.61. The number of benzene rings is 2. The third-order valence-electron chi connectivity index (χ3n) is 4.10. The van der Waals surface area contributed by atoms with Crippen molar-refractivity contribution in [1.82, 2.24) is 15.1 Å². The molecule has 0 fully saturated rings. The van der Waals surface area contributed by atoms with Crippen molar-refractivity contribution >= 4 is 12.0 Å². The Hall–Kier alpha value is -3.67. The van der Waals surface area contributed by atoms with Gasteiger partial charge in [-0.3, -0.25) is 9.59 Å². The first-order valence-corrected chi connectivity index (χ1v) is 8.89. The van der Waals surface area contributed by atoms with Gasteiger partial charge in [-0.25, -0.2) is 4.68 Å². The number of carbonyl (C=O) groups excluding carboxylic acids is 1. The summed E-state index contributed by atoms with van der Waals surface area (Å²) in [6, 6.07) is 20.2. The van der Waals surface area contributed by atoms with Gasteiger partial charge in [0.15, 0.2) is 0 Å². The van der Waals surface area contributed by atoms with Gasteiger partial charge in [0.05, 0.1) is 19.3 Å². The molecule has 1 aromatic heterocycles. The second-order valence-corrected chi connectivity index (χ2v) is 6.04. The maximum absolute atomic E-state index is 12.0. The van der Waals surface area contributed by atoms with Crippen LogP contribution in [-0.2, 0) is 11.3 Å². The van der Waals surface area contributed by atoms with Gasteiger partial charge in [0.25, 0.3) is 5.56 Å². The van der Waals surface area contributed by atoms with Gasteiger partial charge >= 0.3 is 0 Å². The molecule has 2 aromatic carbocycles. The first-order valence-electron chi connectivity index (χ1n) is 8.89. The summed E-state index contributed by atoms with van der Waals surface area (Å²) in [5.74, 6) is 0.528. The fraction of sp³-hybridized carbons (Fsp3) is 0.136. The van der Waals surface area contributed by atoms with Crippen LogP contribution in [0.4, 0.5) is 0 Å². The van der Waals surface area contributed by atoms with E-state index in [-0.39, 0.29) is 11.5 Å². The summed E-state index contributed by atoms with van der Waals surface area (Å²) < 4.78 is 6.46. The minimum Gasteiger partial charge on any atom is -0.497 e.